The van der Waals surface area contributed by atoms with Gasteiger partial charge in [-0.1, -0.05) is 23.1 Å². The van der Waals surface area contributed by atoms with Gasteiger partial charge in [0.15, 0.2) is 4.34 Å². The zero-order valence-electron chi connectivity index (χ0n) is 9.78. The number of carbonyl (C=O) groups excluding carboxylic acids is 1. The van der Waals surface area contributed by atoms with E-state index in [0.717, 1.165) is 30.0 Å². The van der Waals surface area contributed by atoms with Gasteiger partial charge in [0, 0.05) is 0 Å². The largest absolute Gasteiger partial charge is 0.320 e. The van der Waals surface area contributed by atoms with Gasteiger partial charge in [-0.3, -0.25) is 14.9 Å². The van der Waals surface area contributed by atoms with Gasteiger partial charge >= 0.3 is 0 Å². The third kappa shape index (κ3) is 3.71. The van der Waals surface area contributed by atoms with Gasteiger partial charge in [0.1, 0.15) is 17.0 Å². The Labute approximate surface area is 120 Å². The first kappa shape index (κ1) is 14.3. The molecule has 104 valence electrons. The standard InChI is InChI=1S/C10H7FN4O3S2/c11-6-1-2-7(8(3-6)15(17)18)13-9(16)4-19-10-14-12-5-20-10/h1-3,5H,4H2,(H,13,16). The van der Waals surface area contributed by atoms with Crippen LogP contribution in [0.3, 0.4) is 0 Å². The Morgan fingerprint density at radius 2 is 2.35 bits per heavy atom. The van der Waals surface area contributed by atoms with Crippen LogP contribution in [0.5, 0.6) is 0 Å². The van der Waals surface area contributed by atoms with E-state index in [1.54, 1.807) is 0 Å². The third-order valence-corrected chi connectivity index (χ3v) is 3.96. The van der Waals surface area contributed by atoms with Gasteiger partial charge in [-0.25, -0.2) is 4.39 Å². The summed E-state index contributed by atoms with van der Waals surface area (Å²) in [5.74, 6) is -1.15. The van der Waals surface area contributed by atoms with Gasteiger partial charge < -0.3 is 5.32 Å². The lowest BCUT2D eigenvalue weighted by Gasteiger charge is -2.05. The summed E-state index contributed by atoms with van der Waals surface area (Å²) in [5, 5.41) is 20.5. The number of thioether (sulfide) groups is 1. The van der Waals surface area contributed by atoms with E-state index in [4.69, 9.17) is 0 Å². The van der Waals surface area contributed by atoms with Crippen molar-refractivity contribution < 1.29 is 14.1 Å². The van der Waals surface area contributed by atoms with Crippen LogP contribution in [0, 0.1) is 15.9 Å². The molecule has 20 heavy (non-hydrogen) atoms. The molecule has 2 aromatic rings. The normalized spacial score (nSPS) is 10.2. The molecule has 1 aromatic carbocycles. The first-order valence-electron chi connectivity index (χ1n) is 5.19. The highest BCUT2D eigenvalue weighted by molar-refractivity contribution is 8.01. The molecule has 0 aliphatic rings. The van der Waals surface area contributed by atoms with Crippen molar-refractivity contribution in [2.45, 2.75) is 4.34 Å². The van der Waals surface area contributed by atoms with Gasteiger partial charge in [0.05, 0.1) is 16.7 Å². The molecule has 7 nitrogen and oxygen atoms in total. The molecular weight excluding hydrogens is 307 g/mol. The molecule has 0 bridgehead atoms. The highest BCUT2D eigenvalue weighted by atomic mass is 32.2. The smallest absolute Gasteiger partial charge is 0.295 e. The number of nitrogens with zero attached hydrogens (tertiary/aromatic N) is 3. The van der Waals surface area contributed by atoms with Crippen LogP contribution in [0.2, 0.25) is 0 Å². The number of benzene rings is 1. The maximum absolute atomic E-state index is 12.9. The molecule has 0 unspecified atom stereocenters. The molecule has 1 amide bonds. The summed E-state index contributed by atoms with van der Waals surface area (Å²) in [7, 11) is 0. The number of nitro groups is 1. The van der Waals surface area contributed by atoms with Gasteiger partial charge in [-0.2, -0.15) is 0 Å². The zero-order chi connectivity index (χ0) is 14.5. The molecule has 0 aliphatic heterocycles. The van der Waals surface area contributed by atoms with Crippen molar-refractivity contribution in [2.24, 2.45) is 0 Å². The molecule has 1 aromatic heterocycles. The van der Waals surface area contributed by atoms with Crippen LogP contribution in [0.1, 0.15) is 0 Å². The predicted octanol–water partition coefficient (Wildman–Crippen LogP) is 2.32. The first-order chi connectivity index (χ1) is 9.56. The summed E-state index contributed by atoms with van der Waals surface area (Å²) < 4.78 is 13.6. The zero-order valence-corrected chi connectivity index (χ0v) is 11.4. The van der Waals surface area contributed by atoms with Crippen molar-refractivity contribution in [3.63, 3.8) is 0 Å². The Kier molecular flexibility index (Phi) is 4.58. The fraction of sp³-hybridized carbons (Fsp3) is 0.100. The second-order valence-corrected chi connectivity index (χ2v) is 5.52. The molecule has 0 aliphatic carbocycles. The second-order valence-electron chi connectivity index (χ2n) is 3.46. The van der Waals surface area contributed by atoms with E-state index in [9.17, 15) is 19.3 Å². The minimum absolute atomic E-state index is 0.0315. The van der Waals surface area contributed by atoms with E-state index in [1.165, 1.54) is 16.8 Å². The Balaban J connectivity index is 2.02. The molecule has 0 atom stereocenters. The van der Waals surface area contributed by atoms with Crippen LogP contribution in [0.4, 0.5) is 15.8 Å². The Morgan fingerprint density at radius 1 is 1.55 bits per heavy atom. The van der Waals surface area contributed by atoms with E-state index in [1.807, 2.05) is 0 Å². The predicted molar refractivity (Wildman–Crippen MR) is 72.3 cm³/mol. The number of anilines is 1. The summed E-state index contributed by atoms with van der Waals surface area (Å²) in [6, 6.07) is 2.95. The van der Waals surface area contributed by atoms with Crippen LogP contribution >= 0.6 is 23.1 Å². The Hall–Kier alpha value is -2.07. The topological polar surface area (TPSA) is 98.0 Å². The monoisotopic (exact) mass is 314 g/mol. The van der Waals surface area contributed by atoms with Gasteiger partial charge in [0.25, 0.3) is 5.69 Å². The van der Waals surface area contributed by atoms with Gasteiger partial charge in [-0.05, 0) is 12.1 Å². The lowest BCUT2D eigenvalue weighted by molar-refractivity contribution is -0.384. The lowest BCUT2D eigenvalue weighted by Crippen LogP contribution is -2.15. The molecular formula is C10H7FN4O3S2. The SMILES string of the molecule is O=C(CSc1nncs1)Nc1ccc(F)cc1[N+](=O)[O-]. The average Bonchev–Trinajstić information content (AvgIpc) is 2.91. The number of hydrogen-bond acceptors (Lipinski definition) is 7. The van der Waals surface area contributed by atoms with Crippen molar-refractivity contribution in [3.05, 3.63) is 39.6 Å². The molecule has 0 saturated heterocycles. The highest BCUT2D eigenvalue weighted by Crippen LogP contribution is 2.25. The van der Waals surface area contributed by atoms with Crippen molar-refractivity contribution >= 4 is 40.4 Å². The number of nitrogens with one attached hydrogen (secondary N) is 1. The fourth-order valence-electron chi connectivity index (χ4n) is 1.30. The molecule has 1 N–H and O–H groups in total. The van der Waals surface area contributed by atoms with Crippen molar-refractivity contribution in [3.8, 4) is 0 Å². The van der Waals surface area contributed by atoms with E-state index in [-0.39, 0.29) is 11.4 Å². The average molecular weight is 314 g/mol. The molecule has 0 fully saturated rings. The van der Waals surface area contributed by atoms with E-state index >= 15 is 0 Å². The third-order valence-electron chi connectivity index (χ3n) is 2.10. The highest BCUT2D eigenvalue weighted by Gasteiger charge is 2.17. The minimum atomic E-state index is -0.753. The maximum Gasteiger partial charge on any atom is 0.295 e. The summed E-state index contributed by atoms with van der Waals surface area (Å²) in [6.07, 6.45) is 0. The maximum atomic E-state index is 12.9. The number of nitro benzene ring substituents is 1. The van der Waals surface area contributed by atoms with Crippen LogP contribution < -0.4 is 5.32 Å². The summed E-state index contributed by atoms with van der Waals surface area (Å²) in [6.45, 7) is 0. The van der Waals surface area contributed by atoms with Crippen LogP contribution in [0.15, 0.2) is 28.0 Å². The van der Waals surface area contributed by atoms with Crippen molar-refractivity contribution in [1.82, 2.24) is 10.2 Å². The van der Waals surface area contributed by atoms with E-state index in [0.29, 0.717) is 4.34 Å². The van der Waals surface area contributed by atoms with E-state index < -0.39 is 22.3 Å². The fourth-order valence-corrected chi connectivity index (χ4v) is 2.59. The Bertz CT molecular complexity index is 635. The van der Waals surface area contributed by atoms with Crippen LogP contribution in [0.25, 0.3) is 0 Å². The summed E-state index contributed by atoms with van der Waals surface area (Å²) >= 11 is 2.44. The van der Waals surface area contributed by atoms with Crippen molar-refractivity contribution in [2.75, 3.05) is 11.1 Å². The molecule has 0 saturated carbocycles. The number of halogens is 1. The number of hydrogen-bond donors (Lipinski definition) is 1. The molecule has 10 heteroatoms. The quantitative estimate of drug-likeness (QED) is 0.516. The Morgan fingerprint density at radius 3 is 3.00 bits per heavy atom. The number of rotatable bonds is 5. The van der Waals surface area contributed by atoms with Crippen LogP contribution in [-0.4, -0.2) is 26.8 Å². The molecule has 0 radical (unpaired) electrons. The molecule has 0 spiro atoms. The number of amides is 1. The lowest BCUT2D eigenvalue weighted by atomic mass is 10.2. The van der Waals surface area contributed by atoms with Gasteiger partial charge in [0.2, 0.25) is 5.91 Å². The molecule has 2 rings (SSSR count). The number of carbonyl (C=O) groups is 1. The summed E-state index contributed by atoms with van der Waals surface area (Å²) in [5.41, 5.74) is 1.00. The minimum Gasteiger partial charge on any atom is -0.320 e. The first-order valence-corrected chi connectivity index (χ1v) is 7.05. The van der Waals surface area contributed by atoms with E-state index in [2.05, 4.69) is 15.5 Å². The second kappa shape index (κ2) is 6.39. The van der Waals surface area contributed by atoms with Crippen LogP contribution in [-0.2, 0) is 4.79 Å². The number of aromatic nitrogens is 2. The van der Waals surface area contributed by atoms with Crippen molar-refractivity contribution in [1.29, 1.82) is 0 Å². The summed E-state index contributed by atoms with van der Waals surface area (Å²) in [4.78, 5) is 21.7. The van der Waals surface area contributed by atoms with Gasteiger partial charge in [-0.15, -0.1) is 10.2 Å². The molecule has 1 heterocycles.